The predicted molar refractivity (Wildman–Crippen MR) is 58.1 cm³/mol. The molecule has 0 bridgehead atoms. The van der Waals surface area contributed by atoms with Gasteiger partial charge in [0.25, 0.3) is 0 Å². The SMILES string of the molecule is CCCOCCC(C)CCCNC. The molecule has 13 heavy (non-hydrogen) atoms. The maximum absolute atomic E-state index is 5.44. The van der Waals surface area contributed by atoms with Crippen LogP contribution < -0.4 is 5.32 Å². The Hall–Kier alpha value is -0.0800. The fraction of sp³-hybridized carbons (Fsp3) is 1.00. The van der Waals surface area contributed by atoms with E-state index in [0.717, 1.165) is 32.1 Å². The van der Waals surface area contributed by atoms with Crippen molar-refractivity contribution in [3.8, 4) is 0 Å². The van der Waals surface area contributed by atoms with Gasteiger partial charge in [-0.2, -0.15) is 0 Å². The molecule has 0 saturated carbocycles. The van der Waals surface area contributed by atoms with Gasteiger partial charge in [-0.15, -0.1) is 0 Å². The zero-order chi connectivity index (χ0) is 9.94. The topological polar surface area (TPSA) is 21.3 Å². The molecule has 0 aliphatic rings. The van der Waals surface area contributed by atoms with E-state index in [2.05, 4.69) is 19.2 Å². The molecular weight excluding hydrogens is 162 g/mol. The highest BCUT2D eigenvalue weighted by atomic mass is 16.5. The molecule has 0 amide bonds. The first kappa shape index (κ1) is 12.9. The summed E-state index contributed by atoms with van der Waals surface area (Å²) in [5.41, 5.74) is 0. The van der Waals surface area contributed by atoms with Crippen molar-refractivity contribution < 1.29 is 4.74 Å². The first-order valence-electron chi connectivity index (χ1n) is 5.53. The molecule has 2 nitrogen and oxygen atoms in total. The highest BCUT2D eigenvalue weighted by Crippen LogP contribution is 2.09. The highest BCUT2D eigenvalue weighted by Gasteiger charge is 2.00. The molecule has 0 aliphatic heterocycles. The molecule has 0 aromatic carbocycles. The standard InChI is InChI=1S/C11H25NO/c1-4-9-13-10-7-11(2)6-5-8-12-3/h11-12H,4-10H2,1-3H3. The van der Waals surface area contributed by atoms with Gasteiger partial charge in [0.1, 0.15) is 0 Å². The Bertz CT molecular complexity index is 96.1. The molecule has 1 atom stereocenters. The average molecular weight is 187 g/mol. The van der Waals surface area contributed by atoms with Crippen LogP contribution in [0.3, 0.4) is 0 Å². The van der Waals surface area contributed by atoms with Crippen LogP contribution >= 0.6 is 0 Å². The zero-order valence-electron chi connectivity index (χ0n) is 9.44. The van der Waals surface area contributed by atoms with Gasteiger partial charge in [0.15, 0.2) is 0 Å². The molecule has 0 aromatic heterocycles. The van der Waals surface area contributed by atoms with E-state index >= 15 is 0 Å². The summed E-state index contributed by atoms with van der Waals surface area (Å²) in [5.74, 6) is 0.810. The lowest BCUT2D eigenvalue weighted by Crippen LogP contribution is -2.10. The number of rotatable bonds is 9. The van der Waals surface area contributed by atoms with Gasteiger partial charge in [0.2, 0.25) is 0 Å². The van der Waals surface area contributed by atoms with Crippen LogP contribution in [0.2, 0.25) is 0 Å². The first-order valence-corrected chi connectivity index (χ1v) is 5.53. The van der Waals surface area contributed by atoms with Crippen LogP contribution in [0.5, 0.6) is 0 Å². The maximum atomic E-state index is 5.44. The maximum Gasteiger partial charge on any atom is 0.0468 e. The van der Waals surface area contributed by atoms with Gasteiger partial charge in [0.05, 0.1) is 0 Å². The Morgan fingerprint density at radius 1 is 1.23 bits per heavy atom. The molecule has 1 unspecified atom stereocenters. The molecule has 0 spiro atoms. The second-order valence-electron chi connectivity index (χ2n) is 3.75. The molecule has 1 N–H and O–H groups in total. The lowest BCUT2D eigenvalue weighted by molar-refractivity contribution is 0.121. The summed E-state index contributed by atoms with van der Waals surface area (Å²) in [7, 11) is 2.01. The van der Waals surface area contributed by atoms with Gasteiger partial charge < -0.3 is 10.1 Å². The summed E-state index contributed by atoms with van der Waals surface area (Å²) in [6.07, 6.45) is 4.94. The molecule has 0 saturated heterocycles. The molecule has 0 aromatic rings. The summed E-state index contributed by atoms with van der Waals surface area (Å²) >= 11 is 0. The minimum Gasteiger partial charge on any atom is -0.381 e. The molecule has 0 radical (unpaired) electrons. The van der Waals surface area contributed by atoms with E-state index in [9.17, 15) is 0 Å². The van der Waals surface area contributed by atoms with Gasteiger partial charge in [0, 0.05) is 13.2 Å². The average Bonchev–Trinajstić information content (AvgIpc) is 2.13. The van der Waals surface area contributed by atoms with Gasteiger partial charge >= 0.3 is 0 Å². The van der Waals surface area contributed by atoms with Crippen molar-refractivity contribution in [2.75, 3.05) is 26.8 Å². The quantitative estimate of drug-likeness (QED) is 0.560. The van der Waals surface area contributed by atoms with E-state index < -0.39 is 0 Å². The number of hydrogen-bond acceptors (Lipinski definition) is 2. The Morgan fingerprint density at radius 2 is 2.00 bits per heavy atom. The summed E-state index contributed by atoms with van der Waals surface area (Å²) in [5, 5.41) is 3.17. The van der Waals surface area contributed by atoms with Crippen LogP contribution in [0.25, 0.3) is 0 Å². The van der Waals surface area contributed by atoms with Crippen LogP contribution in [-0.4, -0.2) is 26.8 Å². The van der Waals surface area contributed by atoms with Crippen LogP contribution in [-0.2, 0) is 4.74 Å². The monoisotopic (exact) mass is 187 g/mol. The van der Waals surface area contributed by atoms with Gasteiger partial charge in [-0.05, 0) is 45.2 Å². The van der Waals surface area contributed by atoms with Crippen molar-refractivity contribution in [3.63, 3.8) is 0 Å². The number of nitrogens with one attached hydrogen (secondary N) is 1. The summed E-state index contributed by atoms with van der Waals surface area (Å²) in [6.45, 7) is 7.46. The van der Waals surface area contributed by atoms with E-state index in [4.69, 9.17) is 4.74 Å². The van der Waals surface area contributed by atoms with Crippen LogP contribution in [0.1, 0.15) is 39.5 Å². The van der Waals surface area contributed by atoms with Crippen LogP contribution in [0, 0.1) is 5.92 Å². The van der Waals surface area contributed by atoms with Crippen molar-refractivity contribution in [2.45, 2.75) is 39.5 Å². The van der Waals surface area contributed by atoms with Gasteiger partial charge in [-0.1, -0.05) is 13.8 Å². The van der Waals surface area contributed by atoms with Crippen LogP contribution in [0.15, 0.2) is 0 Å². The fourth-order valence-corrected chi connectivity index (χ4v) is 1.30. The Kier molecular flexibility index (Phi) is 9.94. The Morgan fingerprint density at radius 3 is 2.62 bits per heavy atom. The summed E-state index contributed by atoms with van der Waals surface area (Å²) < 4.78 is 5.44. The van der Waals surface area contributed by atoms with Crippen molar-refractivity contribution in [2.24, 2.45) is 5.92 Å². The lowest BCUT2D eigenvalue weighted by Gasteiger charge is -2.10. The number of ether oxygens (including phenoxy) is 1. The van der Waals surface area contributed by atoms with E-state index in [0.29, 0.717) is 0 Å². The second kappa shape index (κ2) is 10.0. The molecule has 0 aliphatic carbocycles. The van der Waals surface area contributed by atoms with Gasteiger partial charge in [-0.25, -0.2) is 0 Å². The predicted octanol–water partition coefficient (Wildman–Crippen LogP) is 2.44. The first-order chi connectivity index (χ1) is 6.31. The Labute approximate surface area is 83.1 Å². The molecule has 2 heteroatoms. The molecular formula is C11H25NO. The van der Waals surface area contributed by atoms with Gasteiger partial charge in [-0.3, -0.25) is 0 Å². The summed E-state index contributed by atoms with van der Waals surface area (Å²) in [4.78, 5) is 0. The van der Waals surface area contributed by atoms with Crippen LogP contribution in [0.4, 0.5) is 0 Å². The van der Waals surface area contributed by atoms with Crippen molar-refractivity contribution in [1.82, 2.24) is 5.32 Å². The van der Waals surface area contributed by atoms with E-state index in [1.165, 1.54) is 19.3 Å². The molecule has 0 fully saturated rings. The van der Waals surface area contributed by atoms with E-state index in [-0.39, 0.29) is 0 Å². The van der Waals surface area contributed by atoms with E-state index in [1.807, 2.05) is 7.05 Å². The zero-order valence-corrected chi connectivity index (χ0v) is 9.44. The summed E-state index contributed by atoms with van der Waals surface area (Å²) in [6, 6.07) is 0. The molecule has 80 valence electrons. The molecule has 0 rings (SSSR count). The highest BCUT2D eigenvalue weighted by molar-refractivity contribution is 4.54. The third-order valence-corrected chi connectivity index (χ3v) is 2.23. The van der Waals surface area contributed by atoms with E-state index in [1.54, 1.807) is 0 Å². The largest absolute Gasteiger partial charge is 0.381 e. The van der Waals surface area contributed by atoms with Crippen molar-refractivity contribution in [3.05, 3.63) is 0 Å². The third-order valence-electron chi connectivity index (χ3n) is 2.23. The molecule has 0 heterocycles. The third kappa shape index (κ3) is 9.84. The van der Waals surface area contributed by atoms with Crippen molar-refractivity contribution >= 4 is 0 Å². The van der Waals surface area contributed by atoms with Crippen molar-refractivity contribution in [1.29, 1.82) is 0 Å². The minimum atomic E-state index is 0.810. The second-order valence-corrected chi connectivity index (χ2v) is 3.75. The fourth-order valence-electron chi connectivity index (χ4n) is 1.30. The number of hydrogen-bond donors (Lipinski definition) is 1. The Balaban J connectivity index is 3.05. The smallest absolute Gasteiger partial charge is 0.0468 e. The lowest BCUT2D eigenvalue weighted by atomic mass is 10.0. The minimum absolute atomic E-state index is 0.810. The normalized spacial score (nSPS) is 13.2.